The normalized spacial score (nSPS) is 25.2. The largest absolute Gasteiger partial charge is 0.508 e. The number of nitrogens with one attached hydrogen (secondary N) is 2. The molecule has 9 heteroatoms. The van der Waals surface area contributed by atoms with Crippen LogP contribution >= 0.6 is 22.7 Å². The number of anilines is 1. The van der Waals surface area contributed by atoms with Crippen LogP contribution in [0.5, 0.6) is 0 Å². The zero-order chi connectivity index (χ0) is 18.4. The number of H-pyrrole nitrogens is 1. The maximum atomic E-state index is 10.2. The minimum absolute atomic E-state index is 0.253. The fourth-order valence-electron chi connectivity index (χ4n) is 3.79. The Bertz CT molecular complexity index is 983. The topological polar surface area (TPSA) is 90.0 Å². The first-order valence-corrected chi connectivity index (χ1v) is 10.6. The molecule has 0 bridgehead atoms. The maximum absolute atomic E-state index is 10.2. The first-order valence-electron chi connectivity index (χ1n) is 8.95. The van der Waals surface area contributed by atoms with Crippen molar-refractivity contribution >= 4 is 37.5 Å². The summed E-state index contributed by atoms with van der Waals surface area (Å²) in [5.41, 5.74) is 0.493. The number of rotatable bonds is 4. The molecule has 1 unspecified atom stereocenters. The van der Waals surface area contributed by atoms with E-state index in [2.05, 4.69) is 27.5 Å². The molecule has 0 aromatic carbocycles. The third-order valence-electron chi connectivity index (χ3n) is 5.37. The predicted octanol–water partition coefficient (Wildman–Crippen LogP) is 2.96. The van der Waals surface area contributed by atoms with Crippen LogP contribution in [0.4, 0.5) is 5.13 Å². The number of hydrogen-bond donors (Lipinski definition) is 3. The summed E-state index contributed by atoms with van der Waals surface area (Å²) in [5, 5.41) is 22.5. The van der Waals surface area contributed by atoms with E-state index in [-0.39, 0.29) is 5.76 Å². The molecule has 0 spiro atoms. The Morgan fingerprint density at radius 1 is 1.30 bits per heavy atom. The molecule has 3 aromatic heterocycles. The van der Waals surface area contributed by atoms with Crippen molar-refractivity contribution in [1.29, 1.82) is 0 Å². The molecule has 27 heavy (non-hydrogen) atoms. The summed E-state index contributed by atoms with van der Waals surface area (Å²) in [6, 6.07) is 0.491. The fraction of sp³-hybridized carbons (Fsp3) is 0.389. The maximum Gasteiger partial charge on any atom is 0.188 e. The van der Waals surface area contributed by atoms with E-state index in [0.717, 1.165) is 51.3 Å². The van der Waals surface area contributed by atoms with Crippen LogP contribution in [0.1, 0.15) is 23.4 Å². The molecule has 3 aromatic rings. The van der Waals surface area contributed by atoms with Gasteiger partial charge in [0, 0.05) is 31.4 Å². The number of fused-ring (bicyclic) bond motifs is 1. The van der Waals surface area contributed by atoms with E-state index in [1.165, 1.54) is 0 Å². The number of aromatic nitrogens is 4. The lowest BCUT2D eigenvalue weighted by Crippen LogP contribution is -2.33. The molecular weight excluding hydrogens is 380 g/mol. The van der Waals surface area contributed by atoms with Crippen LogP contribution in [-0.2, 0) is 5.41 Å². The molecule has 5 rings (SSSR count). The van der Waals surface area contributed by atoms with Crippen molar-refractivity contribution in [2.45, 2.75) is 24.3 Å². The second kappa shape index (κ2) is 6.43. The van der Waals surface area contributed by atoms with E-state index in [9.17, 15) is 5.11 Å². The van der Waals surface area contributed by atoms with Crippen LogP contribution in [0.3, 0.4) is 0 Å². The summed E-state index contributed by atoms with van der Waals surface area (Å²) in [6.45, 7) is 2.07. The van der Waals surface area contributed by atoms with E-state index in [1.807, 2.05) is 18.3 Å². The molecule has 3 N–H and O–H groups in total. The van der Waals surface area contributed by atoms with E-state index in [0.29, 0.717) is 6.04 Å². The number of thiazole rings is 2. The van der Waals surface area contributed by atoms with Crippen LogP contribution in [0, 0.1) is 0 Å². The third kappa shape index (κ3) is 2.77. The Labute approximate surface area is 164 Å². The molecule has 140 valence electrons. The Kier molecular flexibility index (Phi) is 4.03. The van der Waals surface area contributed by atoms with E-state index >= 15 is 0 Å². The van der Waals surface area contributed by atoms with Crippen molar-refractivity contribution in [3.63, 3.8) is 0 Å². The molecule has 1 saturated heterocycles. The van der Waals surface area contributed by atoms with Crippen molar-refractivity contribution in [1.82, 2.24) is 25.5 Å². The number of aromatic amines is 1. The first kappa shape index (κ1) is 16.9. The lowest BCUT2D eigenvalue weighted by atomic mass is 9.77. The van der Waals surface area contributed by atoms with Gasteiger partial charge in [0.2, 0.25) is 0 Å². The lowest BCUT2D eigenvalue weighted by Gasteiger charge is -2.28. The van der Waals surface area contributed by atoms with Gasteiger partial charge in [-0.1, -0.05) is 28.7 Å². The number of allylic oxidation sites excluding steroid dienone is 3. The quantitative estimate of drug-likeness (QED) is 0.624. The molecular formula is C18H20N6OS2. The molecule has 0 saturated carbocycles. The molecule has 0 amide bonds. The Hall–Kier alpha value is -2.23. The van der Waals surface area contributed by atoms with Gasteiger partial charge in [-0.2, -0.15) is 5.10 Å². The number of likely N-dealkylation sites (N-methyl/N-ethyl adjacent to an activating group) is 1. The highest BCUT2D eigenvalue weighted by Crippen LogP contribution is 2.44. The Morgan fingerprint density at radius 3 is 2.89 bits per heavy atom. The van der Waals surface area contributed by atoms with Gasteiger partial charge in [-0.15, -0.1) is 0 Å². The van der Waals surface area contributed by atoms with Crippen molar-refractivity contribution in [2.75, 3.05) is 25.0 Å². The fourth-order valence-corrected chi connectivity index (χ4v) is 6.06. The number of aliphatic hydroxyl groups excluding tert-OH is 1. The lowest BCUT2D eigenvalue weighted by molar-refractivity contribution is 0.415. The highest BCUT2D eigenvalue weighted by molar-refractivity contribution is 7.28. The smallest absolute Gasteiger partial charge is 0.188 e. The Balaban J connectivity index is 1.54. The van der Waals surface area contributed by atoms with Gasteiger partial charge in [-0.25, -0.2) is 9.97 Å². The highest BCUT2D eigenvalue weighted by Gasteiger charge is 2.38. The molecule has 7 nitrogen and oxygen atoms in total. The average molecular weight is 401 g/mol. The van der Waals surface area contributed by atoms with Crippen molar-refractivity contribution in [2.24, 2.45) is 0 Å². The molecule has 0 radical (unpaired) electrons. The standard InChI is InChI=1S/C18H20N6OS2/c1-24(12-4-6-19-10-12)17-23-15-14(27-17)22-16(26-15)18(11-8-20-21-9-11)5-2-3-13(25)7-18/h2-3,7-9,12,19,25H,4-6,10H2,1H3,(H,20,21)/t12-,18?/m0/s1. The van der Waals surface area contributed by atoms with Crippen LogP contribution < -0.4 is 10.2 Å². The summed E-state index contributed by atoms with van der Waals surface area (Å²) in [4.78, 5) is 13.9. The van der Waals surface area contributed by atoms with Gasteiger partial charge in [0.1, 0.15) is 10.8 Å². The number of nitrogens with zero attached hydrogens (tertiary/aromatic N) is 4. The Morgan fingerprint density at radius 2 is 2.19 bits per heavy atom. The van der Waals surface area contributed by atoms with Crippen molar-refractivity contribution < 1.29 is 5.11 Å². The summed E-state index contributed by atoms with van der Waals surface area (Å²) in [6.07, 6.45) is 11.1. The zero-order valence-corrected chi connectivity index (χ0v) is 16.5. The van der Waals surface area contributed by atoms with Gasteiger partial charge in [-0.3, -0.25) is 5.10 Å². The van der Waals surface area contributed by atoms with Gasteiger partial charge in [0.05, 0.1) is 11.6 Å². The monoisotopic (exact) mass is 400 g/mol. The number of hydrogen-bond acceptors (Lipinski definition) is 8. The molecule has 2 atom stereocenters. The van der Waals surface area contributed by atoms with Crippen molar-refractivity contribution in [3.8, 4) is 0 Å². The van der Waals surface area contributed by atoms with Crippen LogP contribution in [0.2, 0.25) is 0 Å². The van der Waals surface area contributed by atoms with Gasteiger partial charge in [0.25, 0.3) is 0 Å². The minimum atomic E-state index is -0.502. The average Bonchev–Trinajstić information content (AvgIpc) is 3.45. The van der Waals surface area contributed by atoms with Crippen LogP contribution in [0.15, 0.2) is 36.4 Å². The summed E-state index contributed by atoms with van der Waals surface area (Å²) in [5.74, 6) is 0.253. The summed E-state index contributed by atoms with van der Waals surface area (Å²) in [7, 11) is 2.11. The van der Waals surface area contributed by atoms with E-state index in [1.54, 1.807) is 34.9 Å². The van der Waals surface area contributed by atoms with Gasteiger partial charge >= 0.3 is 0 Å². The predicted molar refractivity (Wildman–Crippen MR) is 109 cm³/mol. The first-order chi connectivity index (χ1) is 13.2. The number of aliphatic hydroxyl groups is 1. The second-order valence-corrected chi connectivity index (χ2v) is 8.95. The molecule has 1 fully saturated rings. The van der Waals surface area contributed by atoms with Crippen LogP contribution in [0.25, 0.3) is 9.66 Å². The second-order valence-electron chi connectivity index (χ2n) is 7.02. The van der Waals surface area contributed by atoms with E-state index < -0.39 is 5.41 Å². The van der Waals surface area contributed by atoms with Gasteiger partial charge in [0.15, 0.2) is 14.8 Å². The third-order valence-corrected chi connectivity index (χ3v) is 7.66. The SMILES string of the molecule is CN(c1nc2sc(C3(c4cn[nH]c4)C=C(O)C=CC3)nc2s1)[C@H]1CCNC1. The molecule has 2 aliphatic rings. The molecule has 1 aliphatic carbocycles. The van der Waals surface area contributed by atoms with Crippen LogP contribution in [-0.4, -0.2) is 51.5 Å². The highest BCUT2D eigenvalue weighted by atomic mass is 32.1. The summed E-state index contributed by atoms with van der Waals surface area (Å²) < 4.78 is 0. The van der Waals surface area contributed by atoms with Crippen molar-refractivity contribution in [3.05, 3.63) is 47.0 Å². The molecule has 1 aliphatic heterocycles. The molecule has 4 heterocycles. The summed E-state index contributed by atoms with van der Waals surface area (Å²) >= 11 is 3.23. The van der Waals surface area contributed by atoms with Gasteiger partial charge < -0.3 is 15.3 Å². The van der Waals surface area contributed by atoms with Gasteiger partial charge in [-0.05, 0) is 31.5 Å². The minimum Gasteiger partial charge on any atom is -0.508 e. The van der Waals surface area contributed by atoms with E-state index in [4.69, 9.17) is 9.97 Å². The zero-order valence-electron chi connectivity index (χ0n) is 14.8.